The molecule has 0 aromatic carbocycles. The van der Waals surface area contributed by atoms with Gasteiger partial charge in [0.05, 0.1) is 11.5 Å². The first kappa shape index (κ1) is 15.7. The van der Waals surface area contributed by atoms with Gasteiger partial charge in [0.2, 0.25) is 5.91 Å². The molecular weight excluding hydrogens is 306 g/mol. The second kappa shape index (κ2) is 4.68. The largest absolute Gasteiger partial charge is 0.480 e. The van der Waals surface area contributed by atoms with Crippen LogP contribution in [-0.4, -0.2) is 58.8 Å². The molecule has 0 radical (unpaired) electrons. The first-order chi connectivity index (χ1) is 9.05. The molecule has 20 heavy (non-hydrogen) atoms. The molecule has 0 aromatic rings. The third-order valence-electron chi connectivity index (χ3n) is 4.07. The van der Waals surface area contributed by atoms with E-state index >= 15 is 0 Å². The van der Waals surface area contributed by atoms with E-state index in [9.17, 15) is 24.0 Å². The van der Waals surface area contributed by atoms with Crippen molar-refractivity contribution in [2.24, 2.45) is 5.92 Å². The number of carboxylic acids is 1. The number of aliphatic carboxylic acids is 1. The minimum absolute atomic E-state index is 0.117. The van der Waals surface area contributed by atoms with Gasteiger partial charge >= 0.3 is 5.97 Å². The summed E-state index contributed by atoms with van der Waals surface area (Å²) in [6, 6.07) is -1.78. The number of carbonyl (C=O) groups is 2. The van der Waals surface area contributed by atoms with Gasteiger partial charge in [-0.25, -0.2) is 4.79 Å². The summed E-state index contributed by atoms with van der Waals surface area (Å²) in [5.41, 5.74) is -1.25. The summed E-state index contributed by atoms with van der Waals surface area (Å²) in [5, 5.41) is 19.4. The van der Waals surface area contributed by atoms with Gasteiger partial charge in [-0.3, -0.25) is 9.00 Å². The summed E-state index contributed by atoms with van der Waals surface area (Å²) in [6.07, 6.45) is 0.117. The van der Waals surface area contributed by atoms with Crippen LogP contribution in [0.1, 0.15) is 27.2 Å². The molecule has 2 aliphatic rings. The molecule has 2 saturated heterocycles. The normalized spacial score (nSPS) is 38.4. The SMILES string of the molecule is CCS(=O)C1(Cl)CC2C(C(C)(C)O)C(=O)N2C1C(=O)O. The van der Waals surface area contributed by atoms with E-state index in [1.807, 2.05) is 0 Å². The maximum absolute atomic E-state index is 12.1. The smallest absolute Gasteiger partial charge is 0.329 e. The van der Waals surface area contributed by atoms with Gasteiger partial charge in [-0.15, -0.1) is 11.6 Å². The molecule has 114 valence electrons. The molecule has 0 bridgehead atoms. The van der Waals surface area contributed by atoms with E-state index in [1.165, 1.54) is 18.7 Å². The number of halogens is 1. The molecule has 0 aromatic heterocycles. The molecule has 8 heteroatoms. The quantitative estimate of drug-likeness (QED) is 0.567. The summed E-state index contributed by atoms with van der Waals surface area (Å²) in [6.45, 7) is 4.67. The highest BCUT2D eigenvalue weighted by molar-refractivity contribution is 7.88. The number of alkyl halides is 1. The monoisotopic (exact) mass is 323 g/mol. The summed E-state index contributed by atoms with van der Waals surface area (Å²) < 4.78 is 10.7. The maximum atomic E-state index is 12.1. The predicted molar refractivity (Wildman–Crippen MR) is 73.7 cm³/mol. The van der Waals surface area contributed by atoms with Crippen LogP contribution in [0.2, 0.25) is 0 Å². The minimum atomic E-state index is -1.57. The number of rotatable bonds is 4. The molecule has 0 spiro atoms. The Balaban J connectivity index is 2.40. The number of hydrogen-bond acceptors (Lipinski definition) is 4. The number of aliphatic hydroxyl groups is 1. The van der Waals surface area contributed by atoms with E-state index in [4.69, 9.17) is 11.6 Å². The number of carbonyl (C=O) groups excluding carboxylic acids is 1. The zero-order valence-corrected chi connectivity index (χ0v) is 13.1. The number of hydrogen-bond donors (Lipinski definition) is 2. The lowest BCUT2D eigenvalue weighted by Crippen LogP contribution is -2.68. The lowest BCUT2D eigenvalue weighted by Gasteiger charge is -2.49. The molecule has 0 aliphatic carbocycles. The predicted octanol–water partition coefficient (Wildman–Crippen LogP) is 0.145. The van der Waals surface area contributed by atoms with E-state index in [2.05, 4.69) is 0 Å². The summed E-state index contributed by atoms with van der Waals surface area (Å²) in [4.78, 5) is 24.8. The average Bonchev–Trinajstić information content (AvgIpc) is 2.57. The van der Waals surface area contributed by atoms with Crippen LogP contribution < -0.4 is 0 Å². The van der Waals surface area contributed by atoms with Gasteiger partial charge in [0.1, 0.15) is 0 Å². The molecule has 2 N–H and O–H groups in total. The average molecular weight is 324 g/mol. The third kappa shape index (κ3) is 1.98. The number of nitrogens with zero attached hydrogens (tertiary/aromatic N) is 1. The van der Waals surface area contributed by atoms with E-state index in [-0.39, 0.29) is 12.2 Å². The molecule has 2 fully saturated rings. The second-order valence-electron chi connectivity index (χ2n) is 5.81. The van der Waals surface area contributed by atoms with Crippen molar-refractivity contribution >= 4 is 34.3 Å². The Kier molecular flexibility index (Phi) is 3.68. The number of β-lactam (4-membered cyclic amide) rings is 1. The number of amides is 1. The zero-order valence-electron chi connectivity index (χ0n) is 11.5. The topological polar surface area (TPSA) is 94.9 Å². The van der Waals surface area contributed by atoms with Crippen molar-refractivity contribution in [2.45, 2.75) is 49.1 Å². The highest BCUT2D eigenvalue weighted by Gasteiger charge is 2.69. The van der Waals surface area contributed by atoms with Crippen LogP contribution in [0, 0.1) is 5.92 Å². The van der Waals surface area contributed by atoms with Gasteiger partial charge in [0.15, 0.2) is 10.2 Å². The van der Waals surface area contributed by atoms with Crippen LogP contribution in [-0.2, 0) is 20.4 Å². The van der Waals surface area contributed by atoms with Gasteiger partial charge < -0.3 is 15.1 Å². The Morgan fingerprint density at radius 3 is 2.55 bits per heavy atom. The summed E-state index contributed by atoms with van der Waals surface area (Å²) in [7, 11) is -1.57. The van der Waals surface area contributed by atoms with Crippen molar-refractivity contribution in [1.82, 2.24) is 4.90 Å². The Bertz CT molecular complexity index is 491. The van der Waals surface area contributed by atoms with Crippen LogP contribution in [0.15, 0.2) is 0 Å². The molecule has 2 aliphatic heterocycles. The lowest BCUT2D eigenvalue weighted by atomic mass is 9.76. The van der Waals surface area contributed by atoms with Crippen molar-refractivity contribution < 1.29 is 24.0 Å². The third-order valence-corrected chi connectivity index (χ3v) is 6.62. The molecule has 5 unspecified atom stereocenters. The molecule has 5 atom stereocenters. The Hall–Kier alpha value is -0.660. The van der Waals surface area contributed by atoms with Gasteiger partial charge in [-0.05, 0) is 13.8 Å². The minimum Gasteiger partial charge on any atom is -0.480 e. The number of carboxylic acid groups (broad SMARTS) is 1. The van der Waals surface area contributed by atoms with E-state index in [1.54, 1.807) is 6.92 Å². The van der Waals surface area contributed by atoms with Crippen molar-refractivity contribution in [2.75, 3.05) is 5.75 Å². The van der Waals surface area contributed by atoms with E-state index in [0.717, 1.165) is 0 Å². The first-order valence-electron chi connectivity index (χ1n) is 6.40. The lowest BCUT2D eigenvalue weighted by molar-refractivity contribution is -0.177. The standard InChI is InChI=1S/C12H18ClNO5S/c1-4-20(19)12(13)5-6-7(11(2,3)18)9(15)14(6)8(12)10(16)17/h6-8,18H,4-5H2,1-3H3,(H,16,17). The van der Waals surface area contributed by atoms with Crippen LogP contribution in [0.25, 0.3) is 0 Å². The van der Waals surface area contributed by atoms with E-state index in [0.29, 0.717) is 0 Å². The van der Waals surface area contributed by atoms with Crippen LogP contribution in [0.3, 0.4) is 0 Å². The van der Waals surface area contributed by atoms with Crippen molar-refractivity contribution in [1.29, 1.82) is 0 Å². The van der Waals surface area contributed by atoms with Gasteiger partial charge in [0.25, 0.3) is 0 Å². The fourth-order valence-corrected chi connectivity index (χ4v) is 5.22. The summed E-state index contributed by atoms with van der Waals surface area (Å²) >= 11 is 6.34. The first-order valence-corrected chi connectivity index (χ1v) is 8.10. The second-order valence-corrected chi connectivity index (χ2v) is 8.70. The van der Waals surface area contributed by atoms with Crippen LogP contribution >= 0.6 is 11.6 Å². The Morgan fingerprint density at radius 1 is 1.60 bits per heavy atom. The summed E-state index contributed by atoms with van der Waals surface area (Å²) in [5.74, 6) is -2.17. The highest BCUT2D eigenvalue weighted by atomic mass is 35.5. The van der Waals surface area contributed by atoms with Crippen LogP contribution in [0.4, 0.5) is 0 Å². The molecular formula is C12H18ClNO5S. The van der Waals surface area contributed by atoms with Crippen molar-refractivity contribution in [3.8, 4) is 0 Å². The van der Waals surface area contributed by atoms with Crippen LogP contribution in [0.5, 0.6) is 0 Å². The van der Waals surface area contributed by atoms with Crippen molar-refractivity contribution in [3.63, 3.8) is 0 Å². The number of fused-ring (bicyclic) bond motifs is 1. The van der Waals surface area contributed by atoms with Gasteiger partial charge in [-0.2, -0.15) is 0 Å². The van der Waals surface area contributed by atoms with Gasteiger partial charge in [0, 0.05) is 29.0 Å². The molecule has 1 amide bonds. The molecule has 2 rings (SSSR count). The molecule has 2 heterocycles. The highest BCUT2D eigenvalue weighted by Crippen LogP contribution is 2.52. The zero-order chi connectivity index (χ0) is 15.5. The maximum Gasteiger partial charge on any atom is 0.329 e. The van der Waals surface area contributed by atoms with Crippen molar-refractivity contribution in [3.05, 3.63) is 0 Å². The Morgan fingerprint density at radius 2 is 2.15 bits per heavy atom. The Labute approximate surface area is 124 Å². The molecule has 6 nitrogen and oxygen atoms in total. The fraction of sp³-hybridized carbons (Fsp3) is 0.833. The van der Waals surface area contributed by atoms with Gasteiger partial charge in [-0.1, -0.05) is 6.92 Å². The van der Waals surface area contributed by atoms with E-state index < -0.39 is 50.5 Å². The fourth-order valence-electron chi connectivity index (χ4n) is 3.24. The molecule has 0 saturated carbocycles.